The van der Waals surface area contributed by atoms with E-state index in [4.69, 9.17) is 0 Å². The Morgan fingerprint density at radius 3 is 1.40 bits per heavy atom. The summed E-state index contributed by atoms with van der Waals surface area (Å²) in [4.78, 5) is 0. The van der Waals surface area contributed by atoms with E-state index in [2.05, 4.69) is 52.0 Å². The first-order chi connectivity index (χ1) is 12.2. The van der Waals surface area contributed by atoms with Crippen molar-refractivity contribution in [2.75, 3.05) is 0 Å². The molecule has 0 amide bonds. The van der Waals surface area contributed by atoms with E-state index < -0.39 is 14.1 Å². The van der Waals surface area contributed by atoms with Gasteiger partial charge in [0.1, 0.15) is 0 Å². The van der Waals surface area contributed by atoms with E-state index in [1.807, 2.05) is 0 Å². The lowest BCUT2D eigenvalue weighted by molar-refractivity contribution is 0.623. The number of hydrogen-bond donors (Lipinski definition) is 0. The van der Waals surface area contributed by atoms with Gasteiger partial charge >= 0.3 is 0 Å². The maximum atomic E-state index is 2.43. The van der Waals surface area contributed by atoms with E-state index in [0.717, 1.165) is 5.92 Å². The molecule has 0 bridgehead atoms. The van der Waals surface area contributed by atoms with Crippen LogP contribution in [-0.4, -0.2) is 14.1 Å². The van der Waals surface area contributed by atoms with Crippen molar-refractivity contribution in [2.45, 2.75) is 121 Å². The summed E-state index contributed by atoms with van der Waals surface area (Å²) in [5.41, 5.74) is 0. The summed E-state index contributed by atoms with van der Waals surface area (Å²) in [6.45, 7) is 9.12. The minimum Gasteiger partial charge on any atom is -0.0938 e. The van der Waals surface area contributed by atoms with Gasteiger partial charge in [-0.3, -0.25) is 0 Å². The van der Waals surface area contributed by atoms with Crippen LogP contribution in [0.15, 0.2) is 24.3 Å². The van der Waals surface area contributed by atoms with Crippen molar-refractivity contribution in [1.82, 2.24) is 0 Å². The normalized spacial score (nSPS) is 12.0. The Balaban J connectivity index is 3.64. The molecule has 0 saturated carbocycles. The first-order valence-electron chi connectivity index (χ1n) is 11.4. The molecule has 0 aromatic heterocycles. The number of hydrogen-bond acceptors (Lipinski definition) is 0. The standard InChI is InChI=1S/2C10H19.C4H9.Al/c2*1-3-5-7-9-10-8-6-4-2;1-4(2)3;/h2*4,6H,1,3,5,7-10H2,2H3;4H,1H2,2-3H3;. The van der Waals surface area contributed by atoms with Crippen LogP contribution >= 0.6 is 0 Å². The second-order valence-electron chi connectivity index (χ2n) is 8.32. The lowest BCUT2D eigenvalue weighted by atomic mass is 10.1. The van der Waals surface area contributed by atoms with Crippen LogP contribution in [0.5, 0.6) is 0 Å². The van der Waals surface area contributed by atoms with Gasteiger partial charge in [-0.05, 0) is 39.5 Å². The van der Waals surface area contributed by atoms with Crippen molar-refractivity contribution in [3.63, 3.8) is 0 Å². The summed E-state index contributed by atoms with van der Waals surface area (Å²) in [6, 6.07) is 0. The summed E-state index contributed by atoms with van der Waals surface area (Å²) < 4.78 is 0. The van der Waals surface area contributed by atoms with Gasteiger partial charge in [0.05, 0.1) is 0 Å². The molecule has 0 N–H and O–H groups in total. The summed E-state index contributed by atoms with van der Waals surface area (Å²) in [5, 5.41) is 4.82. The molecule has 0 fully saturated rings. The average molecular weight is 363 g/mol. The van der Waals surface area contributed by atoms with Crippen LogP contribution in [0.4, 0.5) is 0 Å². The first-order valence-corrected chi connectivity index (χ1v) is 13.9. The Bertz CT molecular complexity index is 277. The molecule has 0 aliphatic carbocycles. The molecule has 0 nitrogen and oxygen atoms in total. The van der Waals surface area contributed by atoms with E-state index in [1.165, 1.54) is 77.0 Å². The Labute approximate surface area is 165 Å². The Morgan fingerprint density at radius 1 is 0.600 bits per heavy atom. The molecule has 0 radical (unpaired) electrons. The lowest BCUT2D eigenvalue weighted by Gasteiger charge is -2.14. The van der Waals surface area contributed by atoms with Gasteiger partial charge in [0.25, 0.3) is 14.1 Å². The van der Waals surface area contributed by atoms with Crippen molar-refractivity contribution in [2.24, 2.45) is 5.92 Å². The van der Waals surface area contributed by atoms with Crippen LogP contribution in [0.2, 0.25) is 15.8 Å². The van der Waals surface area contributed by atoms with Crippen LogP contribution in [0.25, 0.3) is 0 Å². The third-order valence-electron chi connectivity index (χ3n) is 5.24. The molecule has 0 saturated heterocycles. The molecular weight excluding hydrogens is 315 g/mol. The fraction of sp³-hybridized carbons (Fsp3) is 0.833. The molecule has 0 heterocycles. The summed E-state index contributed by atoms with van der Waals surface area (Å²) >= 11 is -0.454. The molecule has 0 aromatic rings. The van der Waals surface area contributed by atoms with E-state index in [0.29, 0.717) is 0 Å². The molecule has 0 aromatic carbocycles. The van der Waals surface area contributed by atoms with Gasteiger partial charge in [-0.2, -0.15) is 0 Å². The number of allylic oxidation sites excluding steroid dienone is 4. The summed E-state index contributed by atoms with van der Waals surface area (Å²) in [6.07, 6.45) is 26.2. The Kier molecular flexibility index (Phi) is 20.3. The predicted molar refractivity (Wildman–Crippen MR) is 120 cm³/mol. The number of unbranched alkanes of at least 4 members (excludes halogenated alkanes) is 10. The topological polar surface area (TPSA) is 0 Å². The molecule has 0 aliphatic heterocycles. The van der Waals surface area contributed by atoms with Gasteiger partial charge in [0, 0.05) is 0 Å². The Morgan fingerprint density at radius 2 is 1.00 bits per heavy atom. The van der Waals surface area contributed by atoms with Crippen molar-refractivity contribution in [3.05, 3.63) is 24.3 Å². The molecule has 1 heteroatoms. The highest BCUT2D eigenvalue weighted by atomic mass is 27.2. The molecular formula is C24H47Al. The fourth-order valence-electron chi connectivity index (χ4n) is 3.83. The lowest BCUT2D eigenvalue weighted by Crippen LogP contribution is -2.14. The zero-order valence-corrected chi connectivity index (χ0v) is 19.2. The maximum absolute atomic E-state index is 2.43. The second kappa shape index (κ2) is 20.3. The van der Waals surface area contributed by atoms with Gasteiger partial charge < -0.3 is 0 Å². The first kappa shape index (κ1) is 25.0. The minimum absolute atomic E-state index is 0.454. The van der Waals surface area contributed by atoms with Gasteiger partial charge in [0.2, 0.25) is 0 Å². The molecule has 25 heavy (non-hydrogen) atoms. The SMILES string of the molecule is CC=CCCCCCC[CH2][Al]([CH2]CCCCCCC=CC)[CH2]C(C)C. The second-order valence-corrected chi connectivity index (χ2v) is 11.7. The van der Waals surface area contributed by atoms with E-state index >= 15 is 0 Å². The molecule has 0 aliphatic rings. The van der Waals surface area contributed by atoms with Crippen molar-refractivity contribution in [3.8, 4) is 0 Å². The van der Waals surface area contributed by atoms with Crippen LogP contribution < -0.4 is 0 Å². The van der Waals surface area contributed by atoms with Crippen LogP contribution in [0, 0.1) is 5.92 Å². The molecule has 0 rings (SSSR count). The van der Waals surface area contributed by atoms with Crippen LogP contribution in [0.1, 0.15) is 105 Å². The van der Waals surface area contributed by atoms with Crippen molar-refractivity contribution >= 4 is 14.1 Å². The van der Waals surface area contributed by atoms with E-state index in [-0.39, 0.29) is 0 Å². The predicted octanol–water partition coefficient (Wildman–Crippen LogP) is 8.97. The highest BCUT2D eigenvalue weighted by Crippen LogP contribution is 2.20. The van der Waals surface area contributed by atoms with Gasteiger partial charge in [-0.25, -0.2) is 0 Å². The zero-order valence-electron chi connectivity index (χ0n) is 18.1. The fourth-order valence-corrected chi connectivity index (χ4v) is 7.66. The van der Waals surface area contributed by atoms with Gasteiger partial charge in [-0.1, -0.05) is 111 Å². The minimum atomic E-state index is -0.454. The van der Waals surface area contributed by atoms with Crippen LogP contribution in [-0.2, 0) is 0 Å². The van der Waals surface area contributed by atoms with E-state index in [9.17, 15) is 0 Å². The van der Waals surface area contributed by atoms with Crippen molar-refractivity contribution in [1.29, 1.82) is 0 Å². The van der Waals surface area contributed by atoms with Crippen LogP contribution in [0.3, 0.4) is 0 Å². The molecule has 0 unspecified atom stereocenters. The molecule has 146 valence electrons. The maximum Gasteiger partial charge on any atom is 0.262 e. The molecule has 0 atom stereocenters. The zero-order chi connectivity index (χ0) is 18.6. The van der Waals surface area contributed by atoms with Gasteiger partial charge in [0.15, 0.2) is 0 Å². The average Bonchev–Trinajstić information content (AvgIpc) is 2.58. The summed E-state index contributed by atoms with van der Waals surface area (Å²) in [7, 11) is 0. The third-order valence-corrected chi connectivity index (χ3v) is 9.30. The largest absolute Gasteiger partial charge is 0.262 e. The monoisotopic (exact) mass is 362 g/mol. The van der Waals surface area contributed by atoms with Gasteiger partial charge in [-0.15, -0.1) is 0 Å². The van der Waals surface area contributed by atoms with E-state index in [1.54, 1.807) is 15.8 Å². The smallest absolute Gasteiger partial charge is 0.0938 e. The number of rotatable bonds is 18. The highest BCUT2D eigenvalue weighted by Gasteiger charge is 2.17. The third kappa shape index (κ3) is 20.2. The highest BCUT2D eigenvalue weighted by molar-refractivity contribution is 6.58. The summed E-state index contributed by atoms with van der Waals surface area (Å²) in [5.74, 6) is 0.929. The van der Waals surface area contributed by atoms with Crippen molar-refractivity contribution < 1.29 is 0 Å². The Hall–Kier alpha value is 0.0125. The quantitative estimate of drug-likeness (QED) is 0.130. The molecule has 0 spiro atoms.